The molecule has 1 atom stereocenters. The fraction of sp³-hybridized carbons (Fsp3) is 0.538. The Morgan fingerprint density at radius 2 is 2.30 bits per heavy atom. The van der Waals surface area contributed by atoms with E-state index in [4.69, 9.17) is 0 Å². The van der Waals surface area contributed by atoms with E-state index in [2.05, 4.69) is 10.3 Å². The Kier molecular flexibility index (Phi) is 4.59. The molecule has 110 valence electrons. The minimum Gasteiger partial charge on any atom is -0.338 e. The summed E-state index contributed by atoms with van der Waals surface area (Å²) in [6.07, 6.45) is 2.89. The molecule has 2 amide bonds. The van der Waals surface area contributed by atoms with Gasteiger partial charge in [-0.1, -0.05) is 6.07 Å². The van der Waals surface area contributed by atoms with Crippen molar-refractivity contribution >= 4 is 15.9 Å². The molecule has 1 saturated heterocycles. The van der Waals surface area contributed by atoms with Gasteiger partial charge in [-0.05, 0) is 18.6 Å². The van der Waals surface area contributed by atoms with E-state index in [1.165, 1.54) is 4.90 Å². The number of nitrogens with zero attached hydrogens (tertiary/aromatic N) is 2. The molecule has 1 fully saturated rings. The first-order chi connectivity index (χ1) is 9.48. The average Bonchev–Trinajstić information content (AvgIpc) is 2.79. The van der Waals surface area contributed by atoms with Gasteiger partial charge in [-0.25, -0.2) is 13.2 Å². The van der Waals surface area contributed by atoms with Gasteiger partial charge in [0, 0.05) is 37.9 Å². The highest BCUT2D eigenvalue weighted by atomic mass is 32.2. The molecule has 1 aromatic heterocycles. The van der Waals surface area contributed by atoms with Crippen molar-refractivity contribution in [3.63, 3.8) is 0 Å². The van der Waals surface area contributed by atoms with Gasteiger partial charge in [0.2, 0.25) is 0 Å². The fourth-order valence-corrected chi connectivity index (χ4v) is 3.99. The Bertz CT molecular complexity index is 559. The molecular formula is C13H19N3O3S. The SMILES string of the molecule is CN(C(=O)NCCc1ccccn1)[C@@H]1CCS(=O)(=O)C1. The van der Waals surface area contributed by atoms with Crippen LogP contribution in [0.25, 0.3) is 0 Å². The third-order valence-corrected chi connectivity index (χ3v) is 5.21. The van der Waals surface area contributed by atoms with Crippen LogP contribution in [-0.4, -0.2) is 55.5 Å². The summed E-state index contributed by atoms with van der Waals surface area (Å²) in [5.41, 5.74) is 0.916. The normalized spacial score (nSPS) is 20.6. The van der Waals surface area contributed by atoms with Crippen molar-refractivity contribution in [3.8, 4) is 0 Å². The third-order valence-electron chi connectivity index (χ3n) is 3.46. The molecule has 1 N–H and O–H groups in total. The summed E-state index contributed by atoms with van der Waals surface area (Å²) in [6.45, 7) is 0.486. The monoisotopic (exact) mass is 297 g/mol. The van der Waals surface area contributed by atoms with E-state index in [1.54, 1.807) is 13.2 Å². The van der Waals surface area contributed by atoms with Crippen molar-refractivity contribution in [2.45, 2.75) is 18.9 Å². The lowest BCUT2D eigenvalue weighted by molar-refractivity contribution is 0.195. The van der Waals surface area contributed by atoms with Gasteiger partial charge in [0.25, 0.3) is 0 Å². The zero-order valence-electron chi connectivity index (χ0n) is 11.4. The number of urea groups is 1. The lowest BCUT2D eigenvalue weighted by atomic mass is 10.2. The van der Waals surface area contributed by atoms with Crippen LogP contribution in [0.15, 0.2) is 24.4 Å². The predicted octanol–water partition coefficient (Wildman–Crippen LogP) is 0.453. The van der Waals surface area contributed by atoms with Gasteiger partial charge >= 0.3 is 6.03 Å². The number of aromatic nitrogens is 1. The Morgan fingerprint density at radius 1 is 1.50 bits per heavy atom. The summed E-state index contributed by atoms with van der Waals surface area (Å²) in [5.74, 6) is 0.236. The van der Waals surface area contributed by atoms with Crippen LogP contribution in [0, 0.1) is 0 Å². The topological polar surface area (TPSA) is 79.4 Å². The average molecular weight is 297 g/mol. The van der Waals surface area contributed by atoms with Crippen LogP contribution < -0.4 is 5.32 Å². The highest BCUT2D eigenvalue weighted by molar-refractivity contribution is 7.91. The molecule has 1 aliphatic heterocycles. The Balaban J connectivity index is 1.77. The van der Waals surface area contributed by atoms with Gasteiger partial charge in [0.05, 0.1) is 11.5 Å². The van der Waals surface area contributed by atoms with Gasteiger partial charge in [-0.15, -0.1) is 0 Å². The van der Waals surface area contributed by atoms with Gasteiger partial charge in [0.1, 0.15) is 0 Å². The summed E-state index contributed by atoms with van der Waals surface area (Å²) in [6, 6.07) is 5.20. The van der Waals surface area contributed by atoms with Crippen molar-refractivity contribution in [2.24, 2.45) is 0 Å². The maximum absolute atomic E-state index is 11.9. The van der Waals surface area contributed by atoms with E-state index >= 15 is 0 Å². The summed E-state index contributed by atoms with van der Waals surface area (Å²) < 4.78 is 22.8. The minimum atomic E-state index is -2.97. The molecule has 0 saturated carbocycles. The molecule has 0 unspecified atom stereocenters. The maximum atomic E-state index is 11.9. The van der Waals surface area contributed by atoms with Gasteiger partial charge < -0.3 is 10.2 Å². The molecule has 0 spiro atoms. The van der Waals surface area contributed by atoms with E-state index < -0.39 is 9.84 Å². The first-order valence-corrected chi connectivity index (χ1v) is 8.41. The Hall–Kier alpha value is -1.63. The first-order valence-electron chi connectivity index (χ1n) is 6.59. The highest BCUT2D eigenvalue weighted by Gasteiger charge is 2.32. The van der Waals surface area contributed by atoms with Crippen LogP contribution in [0.3, 0.4) is 0 Å². The van der Waals surface area contributed by atoms with Crippen LogP contribution in [0.5, 0.6) is 0 Å². The number of amides is 2. The van der Waals surface area contributed by atoms with Crippen molar-refractivity contribution in [1.82, 2.24) is 15.2 Å². The molecule has 20 heavy (non-hydrogen) atoms. The number of rotatable bonds is 4. The standard InChI is InChI=1S/C13H19N3O3S/c1-16(12-6-9-20(18,19)10-12)13(17)15-8-5-11-4-2-3-7-14-11/h2-4,7,12H,5-6,8-10H2,1H3,(H,15,17)/t12-/m1/s1. The Labute approximate surface area is 119 Å². The molecule has 0 bridgehead atoms. The van der Waals surface area contributed by atoms with Gasteiger partial charge in [0.15, 0.2) is 9.84 Å². The first kappa shape index (κ1) is 14.8. The van der Waals surface area contributed by atoms with E-state index in [-0.39, 0.29) is 23.6 Å². The number of carbonyl (C=O) groups is 1. The molecule has 2 rings (SSSR count). The summed E-state index contributed by atoms with van der Waals surface area (Å²) in [4.78, 5) is 17.6. The lowest BCUT2D eigenvalue weighted by Crippen LogP contribution is -2.44. The molecule has 1 aromatic rings. The second kappa shape index (κ2) is 6.21. The second-order valence-electron chi connectivity index (χ2n) is 4.97. The van der Waals surface area contributed by atoms with Crippen molar-refractivity contribution < 1.29 is 13.2 Å². The quantitative estimate of drug-likeness (QED) is 0.875. The van der Waals surface area contributed by atoms with Crippen LogP contribution >= 0.6 is 0 Å². The fourth-order valence-electron chi connectivity index (χ4n) is 2.21. The number of hydrogen-bond acceptors (Lipinski definition) is 4. The van der Waals surface area contributed by atoms with Crippen molar-refractivity contribution in [2.75, 3.05) is 25.1 Å². The van der Waals surface area contributed by atoms with E-state index in [9.17, 15) is 13.2 Å². The third kappa shape index (κ3) is 3.93. The van der Waals surface area contributed by atoms with Crippen LogP contribution in [-0.2, 0) is 16.3 Å². The van der Waals surface area contributed by atoms with E-state index in [0.29, 0.717) is 19.4 Å². The van der Waals surface area contributed by atoms with E-state index in [0.717, 1.165) is 5.69 Å². The zero-order valence-corrected chi connectivity index (χ0v) is 12.3. The van der Waals surface area contributed by atoms with Crippen LogP contribution in [0.2, 0.25) is 0 Å². The largest absolute Gasteiger partial charge is 0.338 e. The maximum Gasteiger partial charge on any atom is 0.317 e. The molecule has 6 nitrogen and oxygen atoms in total. The van der Waals surface area contributed by atoms with Crippen molar-refractivity contribution in [3.05, 3.63) is 30.1 Å². The summed E-state index contributed by atoms with van der Waals surface area (Å²) >= 11 is 0. The lowest BCUT2D eigenvalue weighted by Gasteiger charge is -2.23. The second-order valence-corrected chi connectivity index (χ2v) is 7.20. The van der Waals surface area contributed by atoms with Crippen LogP contribution in [0.4, 0.5) is 4.79 Å². The molecule has 7 heteroatoms. The molecule has 1 aliphatic rings. The number of carbonyl (C=O) groups excluding carboxylic acids is 1. The smallest absolute Gasteiger partial charge is 0.317 e. The minimum absolute atomic E-state index is 0.0666. The number of nitrogens with one attached hydrogen (secondary N) is 1. The van der Waals surface area contributed by atoms with Gasteiger partial charge in [-0.3, -0.25) is 4.98 Å². The number of hydrogen-bond donors (Lipinski definition) is 1. The summed E-state index contributed by atoms with van der Waals surface area (Å²) in [5, 5.41) is 2.79. The molecule has 0 aromatic carbocycles. The summed E-state index contributed by atoms with van der Waals surface area (Å²) in [7, 11) is -1.33. The highest BCUT2D eigenvalue weighted by Crippen LogP contribution is 2.16. The molecular weight excluding hydrogens is 278 g/mol. The number of sulfone groups is 1. The molecule has 0 aliphatic carbocycles. The predicted molar refractivity (Wildman–Crippen MR) is 76.2 cm³/mol. The van der Waals surface area contributed by atoms with Crippen LogP contribution in [0.1, 0.15) is 12.1 Å². The zero-order chi connectivity index (χ0) is 14.6. The van der Waals surface area contributed by atoms with Gasteiger partial charge in [-0.2, -0.15) is 0 Å². The van der Waals surface area contributed by atoms with E-state index in [1.807, 2.05) is 18.2 Å². The number of pyridine rings is 1. The Morgan fingerprint density at radius 3 is 2.90 bits per heavy atom. The molecule has 2 heterocycles. The molecule has 0 radical (unpaired) electrons. The van der Waals surface area contributed by atoms with Crippen molar-refractivity contribution in [1.29, 1.82) is 0 Å².